The molecular weight excluding hydrogens is 252 g/mol. The van der Waals surface area contributed by atoms with Crippen molar-refractivity contribution >= 4 is 11.6 Å². The summed E-state index contributed by atoms with van der Waals surface area (Å²) in [6.45, 7) is 5.76. The molecule has 0 amide bonds. The van der Waals surface area contributed by atoms with E-state index in [1.165, 1.54) is 5.56 Å². The molecule has 98 valence electrons. The molecule has 0 aromatic heterocycles. The van der Waals surface area contributed by atoms with Crippen LogP contribution in [-0.2, 0) is 6.42 Å². The molecule has 2 heterocycles. The minimum Gasteiger partial charge on any atom is -0.454 e. The lowest BCUT2D eigenvalue weighted by atomic mass is 10.1. The highest BCUT2D eigenvalue weighted by Crippen LogP contribution is 2.39. The molecule has 0 aliphatic carbocycles. The molecule has 1 aromatic carbocycles. The Balaban J connectivity index is 1.64. The number of piperazine rings is 1. The molecule has 0 spiro atoms. The standard InChI is InChI=1S/C13H17ClN2O2/c14-11-7-10(8-12-13(11)18-9-17-12)1-4-16-5-2-15-3-6-16/h7-8,15H,1-6,9H2. The predicted molar refractivity (Wildman–Crippen MR) is 70.6 cm³/mol. The normalized spacial score (nSPS) is 19.2. The summed E-state index contributed by atoms with van der Waals surface area (Å²) in [7, 11) is 0. The molecule has 1 fully saturated rings. The molecule has 5 heteroatoms. The Morgan fingerprint density at radius 2 is 2.06 bits per heavy atom. The van der Waals surface area contributed by atoms with Crippen LogP contribution in [-0.4, -0.2) is 44.4 Å². The number of hydrogen-bond donors (Lipinski definition) is 1. The first kappa shape index (κ1) is 12.1. The van der Waals surface area contributed by atoms with Crippen LogP contribution in [0.4, 0.5) is 0 Å². The summed E-state index contributed by atoms with van der Waals surface area (Å²) in [5.74, 6) is 1.46. The van der Waals surface area contributed by atoms with Crippen molar-refractivity contribution < 1.29 is 9.47 Å². The first-order valence-electron chi connectivity index (χ1n) is 6.34. The van der Waals surface area contributed by atoms with Gasteiger partial charge in [0.1, 0.15) is 0 Å². The van der Waals surface area contributed by atoms with Crippen molar-refractivity contribution in [2.24, 2.45) is 0 Å². The molecule has 4 nitrogen and oxygen atoms in total. The van der Waals surface area contributed by atoms with Gasteiger partial charge in [0.05, 0.1) is 5.02 Å². The number of ether oxygens (including phenoxy) is 2. The fourth-order valence-electron chi connectivity index (χ4n) is 2.39. The second-order valence-electron chi connectivity index (χ2n) is 4.65. The molecule has 2 aliphatic heterocycles. The van der Waals surface area contributed by atoms with E-state index in [9.17, 15) is 0 Å². The Bertz CT molecular complexity index is 433. The zero-order chi connectivity index (χ0) is 12.4. The van der Waals surface area contributed by atoms with Crippen LogP contribution >= 0.6 is 11.6 Å². The average molecular weight is 269 g/mol. The minimum absolute atomic E-state index is 0.274. The summed E-state index contributed by atoms with van der Waals surface area (Å²) >= 11 is 6.17. The van der Waals surface area contributed by atoms with Crippen LogP contribution in [0, 0.1) is 0 Å². The van der Waals surface area contributed by atoms with Crippen LogP contribution in [0.25, 0.3) is 0 Å². The van der Waals surface area contributed by atoms with Crippen LogP contribution in [0.15, 0.2) is 12.1 Å². The van der Waals surface area contributed by atoms with Gasteiger partial charge in [-0.2, -0.15) is 0 Å². The van der Waals surface area contributed by atoms with Crippen LogP contribution in [0.1, 0.15) is 5.56 Å². The molecule has 3 rings (SSSR count). The van der Waals surface area contributed by atoms with E-state index < -0.39 is 0 Å². The van der Waals surface area contributed by atoms with E-state index in [0.29, 0.717) is 10.8 Å². The second kappa shape index (κ2) is 5.34. The fraction of sp³-hybridized carbons (Fsp3) is 0.538. The maximum atomic E-state index is 6.17. The number of nitrogens with zero attached hydrogens (tertiary/aromatic N) is 1. The smallest absolute Gasteiger partial charge is 0.231 e. The summed E-state index contributed by atoms with van der Waals surface area (Å²) in [6.07, 6.45) is 0.996. The molecule has 2 aliphatic rings. The van der Waals surface area contributed by atoms with Gasteiger partial charge in [-0.05, 0) is 24.1 Å². The summed E-state index contributed by atoms with van der Waals surface area (Å²) < 4.78 is 10.7. The minimum atomic E-state index is 0.274. The van der Waals surface area contributed by atoms with E-state index in [-0.39, 0.29) is 6.79 Å². The summed E-state index contributed by atoms with van der Waals surface area (Å²) in [6, 6.07) is 4.02. The molecule has 1 N–H and O–H groups in total. The number of hydrogen-bond acceptors (Lipinski definition) is 4. The van der Waals surface area contributed by atoms with Crippen LogP contribution < -0.4 is 14.8 Å². The molecule has 0 bridgehead atoms. The Morgan fingerprint density at radius 1 is 1.22 bits per heavy atom. The Kier molecular flexibility index (Phi) is 3.59. The third kappa shape index (κ3) is 2.55. The lowest BCUT2D eigenvalue weighted by Crippen LogP contribution is -2.44. The zero-order valence-electron chi connectivity index (χ0n) is 10.2. The second-order valence-corrected chi connectivity index (χ2v) is 5.06. The maximum Gasteiger partial charge on any atom is 0.231 e. The van der Waals surface area contributed by atoms with Gasteiger partial charge in [-0.15, -0.1) is 0 Å². The largest absolute Gasteiger partial charge is 0.454 e. The number of nitrogens with one attached hydrogen (secondary N) is 1. The van der Waals surface area contributed by atoms with Gasteiger partial charge in [0.15, 0.2) is 11.5 Å². The SMILES string of the molecule is Clc1cc(CCN2CCNCC2)cc2c1OCO2. The molecule has 1 aromatic rings. The van der Waals surface area contributed by atoms with Crippen molar-refractivity contribution in [3.63, 3.8) is 0 Å². The Morgan fingerprint density at radius 3 is 2.89 bits per heavy atom. The van der Waals surface area contributed by atoms with Crippen molar-refractivity contribution in [2.75, 3.05) is 39.5 Å². The number of benzene rings is 1. The molecule has 1 saturated heterocycles. The number of halogens is 1. The monoisotopic (exact) mass is 268 g/mol. The third-order valence-corrected chi connectivity index (χ3v) is 3.69. The Hall–Kier alpha value is -0.970. The molecular formula is C13H17ClN2O2. The maximum absolute atomic E-state index is 6.17. The van der Waals surface area contributed by atoms with Crippen molar-refractivity contribution in [3.8, 4) is 11.5 Å². The number of fused-ring (bicyclic) bond motifs is 1. The molecule has 18 heavy (non-hydrogen) atoms. The predicted octanol–water partition coefficient (Wildman–Crippen LogP) is 1.52. The van der Waals surface area contributed by atoms with Gasteiger partial charge in [0.2, 0.25) is 6.79 Å². The fourth-order valence-corrected chi connectivity index (χ4v) is 2.67. The highest BCUT2D eigenvalue weighted by molar-refractivity contribution is 6.32. The van der Waals surface area contributed by atoms with E-state index in [0.717, 1.165) is 44.9 Å². The lowest BCUT2D eigenvalue weighted by molar-refractivity contribution is 0.174. The molecule has 0 atom stereocenters. The highest BCUT2D eigenvalue weighted by atomic mass is 35.5. The molecule has 0 saturated carbocycles. The van der Waals surface area contributed by atoms with Crippen LogP contribution in [0.2, 0.25) is 5.02 Å². The van der Waals surface area contributed by atoms with Gasteiger partial charge >= 0.3 is 0 Å². The van der Waals surface area contributed by atoms with Gasteiger partial charge in [-0.3, -0.25) is 0 Å². The lowest BCUT2D eigenvalue weighted by Gasteiger charge is -2.27. The third-order valence-electron chi connectivity index (χ3n) is 3.41. The summed E-state index contributed by atoms with van der Waals surface area (Å²) in [4.78, 5) is 2.47. The van der Waals surface area contributed by atoms with Gasteiger partial charge < -0.3 is 19.7 Å². The van der Waals surface area contributed by atoms with Gasteiger partial charge in [-0.25, -0.2) is 0 Å². The van der Waals surface area contributed by atoms with E-state index in [4.69, 9.17) is 21.1 Å². The highest BCUT2D eigenvalue weighted by Gasteiger charge is 2.18. The number of rotatable bonds is 3. The van der Waals surface area contributed by atoms with Crippen molar-refractivity contribution in [1.82, 2.24) is 10.2 Å². The van der Waals surface area contributed by atoms with E-state index in [1.807, 2.05) is 12.1 Å². The van der Waals surface area contributed by atoms with Gasteiger partial charge in [0.25, 0.3) is 0 Å². The first-order valence-corrected chi connectivity index (χ1v) is 6.72. The summed E-state index contributed by atoms with van der Waals surface area (Å²) in [5.41, 5.74) is 1.21. The quantitative estimate of drug-likeness (QED) is 0.901. The van der Waals surface area contributed by atoms with Crippen LogP contribution in [0.5, 0.6) is 11.5 Å². The van der Waals surface area contributed by atoms with Crippen molar-refractivity contribution in [3.05, 3.63) is 22.7 Å². The first-order chi connectivity index (χ1) is 8.83. The van der Waals surface area contributed by atoms with E-state index in [2.05, 4.69) is 10.2 Å². The zero-order valence-corrected chi connectivity index (χ0v) is 11.0. The average Bonchev–Trinajstić information content (AvgIpc) is 2.86. The van der Waals surface area contributed by atoms with Gasteiger partial charge in [-0.1, -0.05) is 11.6 Å². The van der Waals surface area contributed by atoms with E-state index in [1.54, 1.807) is 0 Å². The van der Waals surface area contributed by atoms with Gasteiger partial charge in [0, 0.05) is 32.7 Å². The molecule has 0 radical (unpaired) electrons. The van der Waals surface area contributed by atoms with E-state index >= 15 is 0 Å². The topological polar surface area (TPSA) is 33.7 Å². The Labute approximate surface area is 112 Å². The van der Waals surface area contributed by atoms with Crippen molar-refractivity contribution in [2.45, 2.75) is 6.42 Å². The van der Waals surface area contributed by atoms with Crippen molar-refractivity contribution in [1.29, 1.82) is 0 Å². The molecule has 0 unspecified atom stereocenters. The summed E-state index contributed by atoms with van der Waals surface area (Å²) in [5, 5.41) is 4.01. The van der Waals surface area contributed by atoms with Crippen LogP contribution in [0.3, 0.4) is 0 Å².